The highest BCUT2D eigenvalue weighted by Gasteiger charge is 2.49. The number of ketones is 1. The summed E-state index contributed by atoms with van der Waals surface area (Å²) < 4.78 is 28.9. The SMILES string of the molecule is CO[C@H]1/C=C/O[C@@]2(C)Oc3c(C)c(O)c4c(O)c(cc(OCC(=O)O)c4c3C2=O)NC(=O)/C(C)=C\C=C\[C@H](C)[C@H](O)[C@@H](C)[C@@H](O)[C@@H](C)[C@H](OC(C)=O)[C@@H]1C. The number of phenols is 2. The van der Waals surface area contributed by atoms with Crippen LogP contribution in [-0.2, 0) is 28.6 Å². The Morgan fingerprint density at radius 3 is 2.24 bits per heavy atom. The first kappa shape index (κ1) is 41.6. The number of carboxylic acids is 1. The van der Waals surface area contributed by atoms with Gasteiger partial charge in [0, 0.05) is 67.2 Å². The van der Waals surface area contributed by atoms with Crippen molar-refractivity contribution in [1.29, 1.82) is 0 Å². The number of ether oxygens (including phenoxy) is 5. The number of benzene rings is 2. The second kappa shape index (κ2) is 16.5. The number of anilines is 1. The van der Waals surface area contributed by atoms with Gasteiger partial charge in [-0.2, -0.15) is 0 Å². The maximum absolute atomic E-state index is 14.2. The van der Waals surface area contributed by atoms with E-state index in [0.717, 1.165) is 6.07 Å². The van der Waals surface area contributed by atoms with Gasteiger partial charge in [-0.25, -0.2) is 4.79 Å². The smallest absolute Gasteiger partial charge is 0.341 e. The molecule has 3 aliphatic rings. The lowest BCUT2D eigenvalue weighted by Gasteiger charge is -2.38. The van der Waals surface area contributed by atoms with E-state index in [0.29, 0.717) is 0 Å². The van der Waals surface area contributed by atoms with Gasteiger partial charge < -0.3 is 54.5 Å². The number of esters is 1. The highest BCUT2D eigenvalue weighted by molar-refractivity contribution is 6.21. The molecule has 6 N–H and O–H groups in total. The van der Waals surface area contributed by atoms with E-state index >= 15 is 0 Å². The minimum atomic E-state index is -2.05. The fraction of sp³-hybridized carbons (Fsp3) is 0.487. The van der Waals surface area contributed by atoms with E-state index in [1.807, 2.05) is 0 Å². The number of phenolic OH excluding ortho intramolecular Hbond substituents is 2. The summed E-state index contributed by atoms with van der Waals surface area (Å²) in [4.78, 5) is 51.3. The number of aliphatic carboxylic acids is 1. The standard InChI is InChI=1S/C39H49NO14/c1-17-11-10-12-18(2)38(49)40-24-15-26(51-16-27(42)43)28-29(34(24)47)33(46)22(6)36-30(28)37(48)39(8,54-36)52-14-13-25(50-9)19(3)35(53-23(7)41)21(5)32(45)20(4)31(17)44/h10-15,17,19-21,25,31-32,35,44-47H,16H2,1-9H3,(H,40,49)(H,42,43)/b11-10+,14-13+,18-12-/t17-,19+,20+,21+,25-,31-,32+,35+,39-/m0/s1. The van der Waals surface area contributed by atoms with Crippen molar-refractivity contribution in [3.63, 3.8) is 0 Å². The Hall–Kier alpha value is -5.12. The van der Waals surface area contributed by atoms with Crippen molar-refractivity contribution < 1.29 is 68.4 Å². The zero-order valence-electron chi connectivity index (χ0n) is 31.7. The Bertz CT molecular complexity index is 1900. The summed E-state index contributed by atoms with van der Waals surface area (Å²) >= 11 is 0. The van der Waals surface area contributed by atoms with E-state index in [2.05, 4.69) is 5.32 Å². The first-order chi connectivity index (χ1) is 25.2. The number of Topliss-reactive ketones (excluding diaryl/α,β-unsaturated/α-hetero) is 1. The fourth-order valence-corrected chi connectivity index (χ4v) is 6.89. The van der Waals surface area contributed by atoms with Gasteiger partial charge in [0.2, 0.25) is 0 Å². The van der Waals surface area contributed by atoms with Crippen molar-refractivity contribution in [3.8, 4) is 23.0 Å². The Labute approximate surface area is 312 Å². The van der Waals surface area contributed by atoms with Gasteiger partial charge in [0.15, 0.2) is 12.4 Å². The predicted molar refractivity (Wildman–Crippen MR) is 195 cm³/mol. The lowest BCUT2D eigenvalue weighted by Crippen LogP contribution is -2.46. The monoisotopic (exact) mass is 755 g/mol. The van der Waals surface area contributed by atoms with Gasteiger partial charge >= 0.3 is 17.7 Å². The van der Waals surface area contributed by atoms with Crippen molar-refractivity contribution in [2.24, 2.45) is 23.7 Å². The third-order valence-corrected chi connectivity index (χ3v) is 10.2. The van der Waals surface area contributed by atoms with Crippen molar-refractivity contribution in [2.75, 3.05) is 19.0 Å². The Kier molecular flexibility index (Phi) is 12.7. The molecule has 0 unspecified atom stereocenters. The van der Waals surface area contributed by atoms with E-state index in [4.69, 9.17) is 23.7 Å². The zero-order chi connectivity index (χ0) is 40.4. The van der Waals surface area contributed by atoms with Crippen LogP contribution >= 0.6 is 0 Å². The quantitative estimate of drug-likeness (QED) is 0.182. The van der Waals surface area contributed by atoms with Crippen LogP contribution in [-0.4, -0.2) is 93.1 Å². The van der Waals surface area contributed by atoms with Gasteiger partial charge in [0.05, 0.1) is 41.2 Å². The Morgan fingerprint density at radius 2 is 1.63 bits per heavy atom. The van der Waals surface area contributed by atoms with E-state index in [9.17, 15) is 44.7 Å². The molecule has 1 amide bonds. The third-order valence-electron chi connectivity index (χ3n) is 10.2. The number of carbonyl (C=O) groups excluding carboxylic acids is 3. The summed E-state index contributed by atoms with van der Waals surface area (Å²) in [7, 11) is 1.41. The molecule has 54 heavy (non-hydrogen) atoms. The van der Waals surface area contributed by atoms with Crippen LogP contribution in [0.4, 0.5) is 5.69 Å². The molecule has 0 aromatic heterocycles. The number of allylic oxidation sites excluding steroid dienone is 2. The molecule has 15 nitrogen and oxygen atoms in total. The van der Waals surface area contributed by atoms with Crippen LogP contribution in [0.25, 0.3) is 10.8 Å². The van der Waals surface area contributed by atoms with Crippen molar-refractivity contribution in [1.82, 2.24) is 0 Å². The second-order valence-electron chi connectivity index (χ2n) is 14.1. The number of aliphatic hydroxyl groups excluding tert-OH is 2. The van der Waals surface area contributed by atoms with Gasteiger partial charge in [0.25, 0.3) is 11.7 Å². The molecule has 9 atom stereocenters. The van der Waals surface area contributed by atoms with Crippen molar-refractivity contribution >= 4 is 40.1 Å². The van der Waals surface area contributed by atoms with E-state index in [1.54, 1.807) is 39.8 Å². The number of aromatic hydroxyl groups is 2. The first-order valence-electron chi connectivity index (χ1n) is 17.5. The number of carboxylic acid groups (broad SMARTS) is 1. The molecular formula is C39H49NO14. The highest BCUT2D eigenvalue weighted by Crippen LogP contribution is 2.54. The molecule has 5 rings (SSSR count). The normalized spacial score (nSPS) is 31.5. The Balaban J connectivity index is 1.93. The number of amides is 1. The minimum Gasteiger partial charge on any atom is -0.507 e. The van der Waals surface area contributed by atoms with Crippen LogP contribution in [0.3, 0.4) is 0 Å². The van der Waals surface area contributed by atoms with Crippen LogP contribution in [0.15, 0.2) is 42.2 Å². The van der Waals surface area contributed by atoms with Crippen LogP contribution in [0.5, 0.6) is 23.0 Å². The summed E-state index contributed by atoms with van der Waals surface area (Å²) in [5, 5.41) is 57.0. The molecule has 0 spiro atoms. The summed E-state index contributed by atoms with van der Waals surface area (Å²) in [5.41, 5.74) is -0.251. The average molecular weight is 756 g/mol. The molecule has 2 aromatic carbocycles. The van der Waals surface area contributed by atoms with Gasteiger partial charge in [-0.15, -0.1) is 0 Å². The predicted octanol–water partition coefficient (Wildman–Crippen LogP) is 4.51. The van der Waals surface area contributed by atoms with E-state index in [-0.39, 0.29) is 44.7 Å². The minimum absolute atomic E-state index is 0.0301. The van der Waals surface area contributed by atoms with Crippen LogP contribution in [0.1, 0.15) is 64.4 Å². The molecule has 3 heterocycles. The fourth-order valence-electron chi connectivity index (χ4n) is 6.89. The first-order valence-corrected chi connectivity index (χ1v) is 17.5. The maximum atomic E-state index is 14.2. The van der Waals surface area contributed by atoms with Crippen LogP contribution in [0, 0.1) is 30.6 Å². The number of hydrogen-bond donors (Lipinski definition) is 6. The molecule has 0 saturated heterocycles. The summed E-state index contributed by atoms with van der Waals surface area (Å²) in [6.07, 6.45) is 3.37. The van der Waals surface area contributed by atoms with E-state index in [1.165, 1.54) is 53.2 Å². The molecule has 3 aliphatic heterocycles. The maximum Gasteiger partial charge on any atom is 0.341 e. The topological polar surface area (TPSA) is 228 Å². The molecule has 294 valence electrons. The molecule has 0 radical (unpaired) electrons. The molecule has 0 aliphatic carbocycles. The number of nitrogens with one attached hydrogen (secondary N) is 1. The summed E-state index contributed by atoms with van der Waals surface area (Å²) in [5.74, 6) is -9.54. The second-order valence-corrected chi connectivity index (χ2v) is 14.1. The lowest BCUT2D eigenvalue weighted by molar-refractivity contribution is -0.160. The van der Waals surface area contributed by atoms with Crippen LogP contribution < -0.4 is 14.8 Å². The molecule has 15 heteroatoms. The number of fused-ring (bicyclic) bond motifs is 14. The van der Waals surface area contributed by atoms with E-state index < -0.39 is 95.6 Å². The molecule has 5 bridgehead atoms. The zero-order valence-corrected chi connectivity index (χ0v) is 31.7. The number of aliphatic hydroxyl groups is 2. The van der Waals surface area contributed by atoms with Crippen molar-refractivity contribution in [2.45, 2.75) is 85.6 Å². The molecule has 2 aromatic rings. The lowest BCUT2D eigenvalue weighted by atomic mass is 9.78. The average Bonchev–Trinajstić information content (AvgIpc) is 3.38. The molecular weight excluding hydrogens is 706 g/mol. The highest BCUT2D eigenvalue weighted by atomic mass is 16.7. The molecule has 0 saturated carbocycles. The Morgan fingerprint density at radius 1 is 0.963 bits per heavy atom. The van der Waals surface area contributed by atoms with Gasteiger partial charge in [0.1, 0.15) is 23.4 Å². The van der Waals surface area contributed by atoms with Crippen molar-refractivity contribution in [3.05, 3.63) is 53.3 Å². The number of rotatable bonds is 5. The number of methoxy groups -OCH3 is 1. The largest absolute Gasteiger partial charge is 0.507 e. The number of carbonyl (C=O) groups is 4. The van der Waals surface area contributed by atoms with Gasteiger partial charge in [-0.05, 0) is 19.9 Å². The van der Waals surface area contributed by atoms with Crippen LogP contribution in [0.2, 0.25) is 0 Å². The number of hydrogen-bond acceptors (Lipinski definition) is 13. The van der Waals surface area contributed by atoms with Gasteiger partial charge in [-0.3, -0.25) is 14.4 Å². The summed E-state index contributed by atoms with van der Waals surface area (Å²) in [6.45, 7) is 11.4. The third kappa shape index (κ3) is 8.17. The summed E-state index contributed by atoms with van der Waals surface area (Å²) in [6, 6.07) is 1.13. The molecule has 0 fully saturated rings. The van der Waals surface area contributed by atoms with Gasteiger partial charge in [-0.1, -0.05) is 45.9 Å².